The molecule has 2 aromatic rings. The molecule has 148 valence electrons. The van der Waals surface area contributed by atoms with Crippen LogP contribution in [0.5, 0.6) is 0 Å². The summed E-state index contributed by atoms with van der Waals surface area (Å²) in [5.41, 5.74) is 1.75. The van der Waals surface area contributed by atoms with E-state index < -0.39 is 10.0 Å². The molecule has 1 aromatic carbocycles. The van der Waals surface area contributed by atoms with Crippen LogP contribution in [0.3, 0.4) is 0 Å². The lowest BCUT2D eigenvalue weighted by Crippen LogP contribution is -2.31. The van der Waals surface area contributed by atoms with Crippen molar-refractivity contribution in [2.45, 2.75) is 37.4 Å². The van der Waals surface area contributed by atoms with Crippen molar-refractivity contribution in [3.8, 4) is 0 Å². The first-order valence-corrected chi connectivity index (χ1v) is 12.3. The van der Waals surface area contributed by atoms with E-state index >= 15 is 0 Å². The largest absolute Gasteiger partial charge is 0.301 e. The summed E-state index contributed by atoms with van der Waals surface area (Å²) in [6, 6.07) is 7.44. The number of hydrogen-bond donors (Lipinski definition) is 1. The number of amides is 1. The van der Waals surface area contributed by atoms with Gasteiger partial charge in [0.05, 0.1) is 11.9 Å². The summed E-state index contributed by atoms with van der Waals surface area (Å²) in [7, 11) is -3.42. The van der Waals surface area contributed by atoms with Gasteiger partial charge in [-0.3, -0.25) is 9.10 Å². The molecule has 0 bridgehead atoms. The van der Waals surface area contributed by atoms with Gasteiger partial charge in [-0.05, 0) is 36.3 Å². The number of thioether (sulfide) groups is 1. The number of nitrogens with one attached hydrogen (secondary N) is 1. The first-order chi connectivity index (χ1) is 12.8. The predicted molar refractivity (Wildman–Crippen MR) is 112 cm³/mol. The van der Waals surface area contributed by atoms with Crippen LogP contribution in [0.2, 0.25) is 0 Å². The molecule has 1 amide bonds. The smallest absolute Gasteiger partial charge is 0.232 e. The van der Waals surface area contributed by atoms with Crippen molar-refractivity contribution < 1.29 is 13.2 Å². The van der Waals surface area contributed by atoms with E-state index in [0.29, 0.717) is 17.2 Å². The van der Waals surface area contributed by atoms with Crippen molar-refractivity contribution in [2.24, 2.45) is 0 Å². The maximum absolute atomic E-state index is 12.1. The van der Waals surface area contributed by atoms with Crippen molar-refractivity contribution in [1.29, 1.82) is 0 Å². The van der Waals surface area contributed by atoms with Gasteiger partial charge in [-0.15, -0.1) is 10.2 Å². The zero-order valence-corrected chi connectivity index (χ0v) is 18.1. The first kappa shape index (κ1) is 21.6. The first-order valence-electron chi connectivity index (χ1n) is 8.66. The second-order valence-electron chi connectivity index (χ2n) is 5.81. The molecule has 1 aromatic heterocycles. The Kier molecular flexibility index (Phi) is 8.06. The average molecular weight is 429 g/mol. The van der Waals surface area contributed by atoms with Crippen molar-refractivity contribution in [3.05, 3.63) is 29.8 Å². The van der Waals surface area contributed by atoms with Gasteiger partial charge in [0, 0.05) is 13.0 Å². The van der Waals surface area contributed by atoms with Crippen molar-refractivity contribution in [1.82, 2.24) is 10.2 Å². The quantitative estimate of drug-likeness (QED) is 0.461. The topological polar surface area (TPSA) is 92.3 Å². The standard InChI is InChI=1S/C17H24N4O3S3/c1-4-13-8-10-14(11-9-13)21(27(3,23)24)12-6-7-15(22)18-16-19-20-17(26-16)25-5-2/h8-11H,4-7,12H2,1-3H3,(H,18,19,22). The average Bonchev–Trinajstić information content (AvgIpc) is 3.05. The summed E-state index contributed by atoms with van der Waals surface area (Å²) >= 11 is 2.90. The third kappa shape index (κ3) is 6.78. The molecule has 2 rings (SSSR count). The van der Waals surface area contributed by atoms with Crippen LogP contribution in [-0.2, 0) is 21.2 Å². The van der Waals surface area contributed by atoms with Gasteiger partial charge in [0.1, 0.15) is 0 Å². The van der Waals surface area contributed by atoms with E-state index in [2.05, 4.69) is 15.5 Å². The Morgan fingerprint density at radius 2 is 1.93 bits per heavy atom. The maximum atomic E-state index is 12.1. The lowest BCUT2D eigenvalue weighted by molar-refractivity contribution is -0.116. The molecule has 0 aliphatic carbocycles. The fraction of sp³-hybridized carbons (Fsp3) is 0.471. The SMILES string of the molecule is CCSc1nnc(NC(=O)CCCN(c2ccc(CC)cc2)S(C)(=O)=O)s1. The van der Waals surface area contributed by atoms with Crippen LogP contribution in [0.25, 0.3) is 0 Å². The molecule has 0 unspecified atom stereocenters. The molecular formula is C17H24N4O3S3. The number of aromatic nitrogens is 2. The van der Waals surface area contributed by atoms with Crippen LogP contribution in [-0.4, -0.2) is 43.1 Å². The van der Waals surface area contributed by atoms with Gasteiger partial charge in [-0.1, -0.05) is 49.1 Å². The van der Waals surface area contributed by atoms with E-state index in [9.17, 15) is 13.2 Å². The Morgan fingerprint density at radius 3 is 2.52 bits per heavy atom. The van der Waals surface area contributed by atoms with Crippen LogP contribution in [0.1, 0.15) is 32.3 Å². The molecule has 0 saturated carbocycles. The second-order valence-corrected chi connectivity index (χ2v) is 10.2. The number of anilines is 2. The maximum Gasteiger partial charge on any atom is 0.232 e. The van der Waals surface area contributed by atoms with Crippen molar-refractivity contribution >= 4 is 49.8 Å². The van der Waals surface area contributed by atoms with Crippen LogP contribution >= 0.6 is 23.1 Å². The molecule has 0 aliphatic heterocycles. The highest BCUT2D eigenvalue weighted by molar-refractivity contribution is 8.01. The van der Waals surface area contributed by atoms with E-state index in [-0.39, 0.29) is 18.9 Å². The summed E-state index contributed by atoms with van der Waals surface area (Å²) in [6.07, 6.45) is 2.68. The van der Waals surface area contributed by atoms with Gasteiger partial charge in [0.2, 0.25) is 21.1 Å². The lowest BCUT2D eigenvalue weighted by Gasteiger charge is -2.22. The highest BCUT2D eigenvalue weighted by Crippen LogP contribution is 2.25. The molecule has 0 spiro atoms. The Labute approximate surface area is 168 Å². The Bertz CT molecular complexity index is 851. The fourth-order valence-electron chi connectivity index (χ4n) is 2.39. The lowest BCUT2D eigenvalue weighted by atomic mass is 10.1. The summed E-state index contributed by atoms with van der Waals surface area (Å²) in [5, 5.41) is 11.1. The summed E-state index contributed by atoms with van der Waals surface area (Å²) in [4.78, 5) is 12.1. The number of nitrogens with zero attached hydrogens (tertiary/aromatic N) is 3. The second kappa shape index (κ2) is 10.0. The predicted octanol–water partition coefficient (Wildman–Crippen LogP) is 3.40. The number of sulfonamides is 1. The number of benzene rings is 1. The summed E-state index contributed by atoms with van der Waals surface area (Å²) < 4.78 is 26.4. The van der Waals surface area contributed by atoms with Gasteiger partial charge < -0.3 is 5.32 Å². The molecule has 0 atom stereocenters. The Balaban J connectivity index is 1.91. The molecule has 0 aliphatic rings. The zero-order valence-electron chi connectivity index (χ0n) is 15.6. The molecule has 10 heteroatoms. The number of carbonyl (C=O) groups is 1. The number of aryl methyl sites for hydroxylation is 1. The molecule has 0 saturated heterocycles. The third-order valence-electron chi connectivity index (χ3n) is 3.72. The van der Waals surface area contributed by atoms with Crippen LogP contribution in [0.15, 0.2) is 28.6 Å². The molecule has 1 heterocycles. The van der Waals surface area contributed by atoms with Crippen LogP contribution < -0.4 is 9.62 Å². The van der Waals surface area contributed by atoms with Gasteiger partial charge in [0.15, 0.2) is 4.34 Å². The zero-order chi connectivity index (χ0) is 19.9. The number of rotatable bonds is 10. The minimum atomic E-state index is -3.42. The minimum Gasteiger partial charge on any atom is -0.301 e. The monoisotopic (exact) mass is 428 g/mol. The van der Waals surface area contributed by atoms with Gasteiger partial charge >= 0.3 is 0 Å². The van der Waals surface area contributed by atoms with Gasteiger partial charge in [-0.25, -0.2) is 8.42 Å². The molecular weight excluding hydrogens is 404 g/mol. The van der Waals surface area contributed by atoms with E-state index in [1.165, 1.54) is 21.9 Å². The molecule has 0 fully saturated rings. The Hall–Kier alpha value is -1.65. The van der Waals surface area contributed by atoms with Crippen LogP contribution in [0, 0.1) is 0 Å². The third-order valence-corrected chi connectivity index (χ3v) is 6.77. The van der Waals surface area contributed by atoms with Crippen molar-refractivity contribution in [3.63, 3.8) is 0 Å². The molecule has 0 radical (unpaired) electrons. The molecule has 27 heavy (non-hydrogen) atoms. The normalized spacial score (nSPS) is 11.4. The number of hydrogen-bond acceptors (Lipinski definition) is 7. The Morgan fingerprint density at radius 1 is 1.22 bits per heavy atom. The van der Waals surface area contributed by atoms with Crippen molar-refractivity contribution in [2.75, 3.05) is 28.2 Å². The van der Waals surface area contributed by atoms with E-state index in [4.69, 9.17) is 0 Å². The fourth-order valence-corrected chi connectivity index (χ4v) is 5.02. The van der Waals surface area contributed by atoms with E-state index in [1.807, 2.05) is 26.0 Å². The van der Waals surface area contributed by atoms with E-state index in [1.54, 1.807) is 23.9 Å². The molecule has 1 N–H and O–H groups in total. The highest BCUT2D eigenvalue weighted by atomic mass is 32.2. The number of carbonyl (C=O) groups excluding carboxylic acids is 1. The van der Waals surface area contributed by atoms with E-state index in [0.717, 1.165) is 22.1 Å². The minimum absolute atomic E-state index is 0.200. The molecule has 7 nitrogen and oxygen atoms in total. The van der Waals surface area contributed by atoms with Gasteiger partial charge in [0.25, 0.3) is 0 Å². The summed E-state index contributed by atoms with van der Waals surface area (Å²) in [6.45, 7) is 4.31. The summed E-state index contributed by atoms with van der Waals surface area (Å²) in [5.74, 6) is 0.692. The highest BCUT2D eigenvalue weighted by Gasteiger charge is 2.18. The van der Waals surface area contributed by atoms with Crippen LogP contribution in [0.4, 0.5) is 10.8 Å². The van der Waals surface area contributed by atoms with Gasteiger partial charge in [-0.2, -0.15) is 0 Å².